The van der Waals surface area contributed by atoms with Gasteiger partial charge >= 0.3 is 0 Å². The quantitative estimate of drug-likeness (QED) is 0.564. The van der Waals surface area contributed by atoms with Crippen molar-refractivity contribution in [1.82, 2.24) is 4.90 Å². The van der Waals surface area contributed by atoms with Crippen LogP contribution in [0, 0.1) is 11.7 Å². The first-order valence-electron chi connectivity index (χ1n) is 9.35. The average molecular weight is 383 g/mol. The maximum Gasteiger partial charge on any atom is 0.261 e. The first-order valence-corrected chi connectivity index (χ1v) is 9.35. The molecule has 1 saturated carbocycles. The number of benzene rings is 1. The van der Waals surface area contributed by atoms with Gasteiger partial charge in [-0.05, 0) is 60.9 Å². The molecule has 6 heteroatoms. The predicted octanol–water partition coefficient (Wildman–Crippen LogP) is 4.74. The van der Waals surface area contributed by atoms with E-state index in [1.54, 1.807) is 17.2 Å². The average Bonchev–Trinajstić information content (AvgIpc) is 3.08. The third kappa shape index (κ3) is 4.44. The molecule has 3 aromatic rings. The van der Waals surface area contributed by atoms with E-state index < -0.39 is 0 Å². The molecular formula is C22H22FNO4. The summed E-state index contributed by atoms with van der Waals surface area (Å²) in [7, 11) is 0. The first-order chi connectivity index (χ1) is 13.6. The van der Waals surface area contributed by atoms with Crippen LogP contribution in [0.2, 0.25) is 0 Å². The predicted molar refractivity (Wildman–Crippen MR) is 100 cm³/mol. The summed E-state index contributed by atoms with van der Waals surface area (Å²) >= 11 is 0. The van der Waals surface area contributed by atoms with Crippen LogP contribution in [0.3, 0.4) is 0 Å². The highest BCUT2D eigenvalue weighted by Crippen LogP contribution is 2.47. The molecule has 0 N–H and O–H groups in total. The number of hydrogen-bond acceptors (Lipinski definition) is 4. The summed E-state index contributed by atoms with van der Waals surface area (Å²) in [6, 6.07) is 13.1. The lowest BCUT2D eigenvalue weighted by Crippen LogP contribution is -2.33. The fourth-order valence-corrected chi connectivity index (χ4v) is 3.18. The standard InChI is InChI=1S/C22H22FNO4/c1-15-11-20(15)21-9-8-19(28-21)13-24(12-18-3-2-10-26-18)22(25)14-27-17-6-4-16(23)5-7-17/h2-10,15,20H,11-14H2,1H3. The highest BCUT2D eigenvalue weighted by atomic mass is 19.1. The Morgan fingerprint density at radius 3 is 2.57 bits per heavy atom. The van der Waals surface area contributed by atoms with E-state index in [0.717, 1.165) is 17.9 Å². The van der Waals surface area contributed by atoms with Crippen molar-refractivity contribution in [3.05, 3.63) is 77.9 Å². The Kier molecular flexibility index (Phi) is 5.19. The molecule has 4 rings (SSSR count). The van der Waals surface area contributed by atoms with Crippen molar-refractivity contribution in [2.45, 2.75) is 32.4 Å². The number of rotatable bonds is 8. The van der Waals surface area contributed by atoms with Gasteiger partial charge in [0.2, 0.25) is 0 Å². The van der Waals surface area contributed by atoms with Gasteiger partial charge in [0.1, 0.15) is 28.8 Å². The van der Waals surface area contributed by atoms with Gasteiger partial charge in [-0.2, -0.15) is 0 Å². The van der Waals surface area contributed by atoms with E-state index in [4.69, 9.17) is 13.6 Å². The molecule has 1 fully saturated rings. The minimum Gasteiger partial charge on any atom is -0.484 e. The Balaban J connectivity index is 1.42. The molecule has 0 aliphatic heterocycles. The normalized spacial score (nSPS) is 18.1. The van der Waals surface area contributed by atoms with E-state index in [2.05, 4.69) is 6.92 Å². The molecule has 1 amide bonds. The summed E-state index contributed by atoms with van der Waals surface area (Å²) in [5.41, 5.74) is 0. The Morgan fingerprint density at radius 1 is 1.14 bits per heavy atom. The Bertz CT molecular complexity index is 916. The van der Waals surface area contributed by atoms with Crippen LogP contribution < -0.4 is 4.74 Å². The van der Waals surface area contributed by atoms with Gasteiger partial charge in [0.25, 0.3) is 5.91 Å². The highest BCUT2D eigenvalue weighted by Gasteiger charge is 2.36. The largest absolute Gasteiger partial charge is 0.484 e. The summed E-state index contributed by atoms with van der Waals surface area (Å²) < 4.78 is 29.8. The number of nitrogens with zero attached hydrogens (tertiary/aromatic N) is 1. The zero-order valence-electron chi connectivity index (χ0n) is 15.6. The van der Waals surface area contributed by atoms with E-state index in [1.807, 2.05) is 18.2 Å². The molecule has 2 aromatic heterocycles. The maximum absolute atomic E-state index is 13.0. The van der Waals surface area contributed by atoms with Crippen molar-refractivity contribution < 1.29 is 22.8 Å². The number of carbonyl (C=O) groups excluding carboxylic acids is 1. The lowest BCUT2D eigenvalue weighted by molar-refractivity contribution is -0.135. The second-order valence-electron chi connectivity index (χ2n) is 7.20. The number of furan rings is 2. The van der Waals surface area contributed by atoms with E-state index in [9.17, 15) is 9.18 Å². The zero-order valence-corrected chi connectivity index (χ0v) is 15.6. The van der Waals surface area contributed by atoms with Gasteiger partial charge in [-0.25, -0.2) is 4.39 Å². The molecule has 0 saturated heterocycles. The SMILES string of the molecule is CC1CC1c1ccc(CN(Cc2ccco2)C(=O)COc2ccc(F)cc2)o1. The second kappa shape index (κ2) is 7.92. The van der Waals surface area contributed by atoms with Crippen LogP contribution in [0.1, 0.15) is 36.5 Å². The van der Waals surface area contributed by atoms with Crippen molar-refractivity contribution in [3.63, 3.8) is 0 Å². The summed E-state index contributed by atoms with van der Waals surface area (Å²) in [6.07, 6.45) is 2.72. The van der Waals surface area contributed by atoms with Crippen LogP contribution in [-0.2, 0) is 17.9 Å². The van der Waals surface area contributed by atoms with Crippen molar-refractivity contribution in [2.24, 2.45) is 5.92 Å². The number of carbonyl (C=O) groups is 1. The van der Waals surface area contributed by atoms with Crippen LogP contribution >= 0.6 is 0 Å². The molecule has 2 unspecified atom stereocenters. The van der Waals surface area contributed by atoms with Gasteiger partial charge in [0.05, 0.1) is 19.4 Å². The van der Waals surface area contributed by atoms with E-state index in [-0.39, 0.29) is 18.3 Å². The van der Waals surface area contributed by atoms with Crippen molar-refractivity contribution in [1.29, 1.82) is 0 Å². The zero-order chi connectivity index (χ0) is 19.5. The number of hydrogen-bond donors (Lipinski definition) is 0. The first kappa shape index (κ1) is 18.3. The molecule has 2 atom stereocenters. The molecule has 1 aliphatic rings. The van der Waals surface area contributed by atoms with Crippen LogP contribution in [-0.4, -0.2) is 17.4 Å². The third-order valence-corrected chi connectivity index (χ3v) is 4.96. The summed E-state index contributed by atoms with van der Waals surface area (Å²) in [6.45, 7) is 2.69. The molecular weight excluding hydrogens is 361 g/mol. The fraction of sp³-hybridized carbons (Fsp3) is 0.318. The molecule has 0 bridgehead atoms. The Morgan fingerprint density at radius 2 is 1.89 bits per heavy atom. The van der Waals surface area contributed by atoms with Gasteiger partial charge in [-0.15, -0.1) is 0 Å². The molecule has 0 radical (unpaired) electrons. The number of ether oxygens (including phenoxy) is 1. The molecule has 5 nitrogen and oxygen atoms in total. The van der Waals surface area contributed by atoms with Crippen molar-refractivity contribution in [2.75, 3.05) is 6.61 Å². The number of halogens is 1. The van der Waals surface area contributed by atoms with E-state index in [1.165, 1.54) is 24.3 Å². The van der Waals surface area contributed by atoms with Gasteiger partial charge < -0.3 is 18.5 Å². The second-order valence-corrected chi connectivity index (χ2v) is 7.20. The molecule has 2 heterocycles. The summed E-state index contributed by atoms with van der Waals surface area (Å²) in [4.78, 5) is 14.4. The molecule has 0 spiro atoms. The van der Waals surface area contributed by atoms with Gasteiger partial charge in [-0.3, -0.25) is 4.79 Å². The monoisotopic (exact) mass is 383 g/mol. The van der Waals surface area contributed by atoms with Gasteiger partial charge in [0.15, 0.2) is 6.61 Å². The topological polar surface area (TPSA) is 55.8 Å². The molecule has 28 heavy (non-hydrogen) atoms. The lowest BCUT2D eigenvalue weighted by atomic mass is 10.3. The third-order valence-electron chi connectivity index (χ3n) is 4.96. The summed E-state index contributed by atoms with van der Waals surface area (Å²) in [5.74, 6) is 3.42. The van der Waals surface area contributed by atoms with E-state index in [0.29, 0.717) is 36.4 Å². The van der Waals surface area contributed by atoms with Crippen LogP contribution in [0.5, 0.6) is 5.75 Å². The lowest BCUT2D eigenvalue weighted by Gasteiger charge is -2.21. The molecule has 1 aromatic carbocycles. The minimum absolute atomic E-state index is 0.153. The Labute approximate surface area is 162 Å². The van der Waals surface area contributed by atoms with Crippen molar-refractivity contribution >= 4 is 5.91 Å². The molecule has 146 valence electrons. The molecule has 1 aliphatic carbocycles. The minimum atomic E-state index is -0.350. The summed E-state index contributed by atoms with van der Waals surface area (Å²) in [5, 5.41) is 0. The van der Waals surface area contributed by atoms with Crippen molar-refractivity contribution in [3.8, 4) is 5.75 Å². The van der Waals surface area contributed by atoms with E-state index >= 15 is 0 Å². The maximum atomic E-state index is 13.0. The van der Waals surface area contributed by atoms with Gasteiger partial charge in [-0.1, -0.05) is 6.92 Å². The van der Waals surface area contributed by atoms with Crippen LogP contribution in [0.25, 0.3) is 0 Å². The highest BCUT2D eigenvalue weighted by molar-refractivity contribution is 5.77. The Hall–Kier alpha value is -3.02. The smallest absolute Gasteiger partial charge is 0.261 e. The number of amides is 1. The fourth-order valence-electron chi connectivity index (χ4n) is 3.18. The van der Waals surface area contributed by atoms with Gasteiger partial charge in [0, 0.05) is 5.92 Å². The van der Waals surface area contributed by atoms with Crippen LogP contribution in [0.4, 0.5) is 4.39 Å². The van der Waals surface area contributed by atoms with Crippen LogP contribution in [0.15, 0.2) is 63.6 Å².